The molecule has 0 aliphatic heterocycles. The SMILES string of the molecule is ClC(Cl)[C@H]1CCCC[C@@H]2C[C@@H]21. The maximum Gasteiger partial charge on any atom is 0.110 e. The predicted octanol–water partition coefficient (Wildman–Crippen LogP) is 3.62. The Morgan fingerprint density at radius 2 is 1.82 bits per heavy atom. The van der Waals surface area contributed by atoms with Gasteiger partial charge in [0.2, 0.25) is 0 Å². The van der Waals surface area contributed by atoms with E-state index in [-0.39, 0.29) is 4.84 Å². The summed E-state index contributed by atoms with van der Waals surface area (Å²) in [5.74, 6) is 2.49. The summed E-state index contributed by atoms with van der Waals surface area (Å²) < 4.78 is 0. The van der Waals surface area contributed by atoms with E-state index in [1.807, 2.05) is 0 Å². The number of rotatable bonds is 1. The molecule has 0 saturated heterocycles. The van der Waals surface area contributed by atoms with Crippen molar-refractivity contribution in [3.05, 3.63) is 0 Å². The van der Waals surface area contributed by atoms with Gasteiger partial charge in [0.1, 0.15) is 4.84 Å². The molecule has 2 rings (SSSR count). The monoisotopic (exact) mass is 192 g/mol. The Kier molecular flexibility index (Phi) is 2.34. The average molecular weight is 193 g/mol. The van der Waals surface area contributed by atoms with Crippen LogP contribution in [0.2, 0.25) is 0 Å². The first-order valence-electron chi connectivity index (χ1n) is 4.57. The first-order chi connectivity index (χ1) is 5.29. The second-order valence-corrected chi connectivity index (χ2v) is 5.11. The summed E-state index contributed by atoms with van der Waals surface area (Å²) in [6.45, 7) is 0. The van der Waals surface area contributed by atoms with Crippen LogP contribution in [0.1, 0.15) is 32.1 Å². The summed E-state index contributed by atoms with van der Waals surface area (Å²) in [4.78, 5) is -0.108. The van der Waals surface area contributed by atoms with Crippen LogP contribution < -0.4 is 0 Å². The molecule has 0 heterocycles. The highest BCUT2D eigenvalue weighted by Gasteiger charge is 2.45. The van der Waals surface area contributed by atoms with Crippen LogP contribution in [0.25, 0.3) is 0 Å². The summed E-state index contributed by atoms with van der Waals surface area (Å²) in [7, 11) is 0. The molecule has 0 aromatic heterocycles. The van der Waals surface area contributed by atoms with Gasteiger partial charge in [0.25, 0.3) is 0 Å². The minimum Gasteiger partial charge on any atom is -0.105 e. The van der Waals surface area contributed by atoms with Crippen LogP contribution in [-0.2, 0) is 0 Å². The van der Waals surface area contributed by atoms with Gasteiger partial charge in [0, 0.05) is 0 Å². The normalized spacial score (nSPS) is 43.4. The fraction of sp³-hybridized carbons (Fsp3) is 1.00. The van der Waals surface area contributed by atoms with Crippen LogP contribution in [-0.4, -0.2) is 4.84 Å². The van der Waals surface area contributed by atoms with Gasteiger partial charge in [-0.3, -0.25) is 0 Å². The molecular weight excluding hydrogens is 179 g/mol. The van der Waals surface area contributed by atoms with Crippen molar-refractivity contribution in [2.75, 3.05) is 0 Å². The van der Waals surface area contributed by atoms with Crippen molar-refractivity contribution in [3.63, 3.8) is 0 Å². The molecule has 2 aliphatic carbocycles. The van der Waals surface area contributed by atoms with Crippen LogP contribution in [0.4, 0.5) is 0 Å². The molecule has 2 fully saturated rings. The molecule has 0 unspecified atom stereocenters. The largest absolute Gasteiger partial charge is 0.110 e. The van der Waals surface area contributed by atoms with Crippen molar-refractivity contribution >= 4 is 23.2 Å². The predicted molar refractivity (Wildman–Crippen MR) is 49.0 cm³/mol. The minimum atomic E-state index is -0.108. The molecule has 0 radical (unpaired) electrons. The third kappa shape index (κ3) is 1.67. The van der Waals surface area contributed by atoms with Crippen LogP contribution in [0.5, 0.6) is 0 Å². The lowest BCUT2D eigenvalue weighted by Crippen LogP contribution is -2.11. The van der Waals surface area contributed by atoms with Crippen molar-refractivity contribution in [1.82, 2.24) is 0 Å². The van der Waals surface area contributed by atoms with E-state index < -0.39 is 0 Å². The van der Waals surface area contributed by atoms with Crippen LogP contribution >= 0.6 is 23.2 Å². The van der Waals surface area contributed by atoms with Gasteiger partial charge in [-0.25, -0.2) is 0 Å². The molecule has 2 heteroatoms. The van der Waals surface area contributed by atoms with Gasteiger partial charge in [-0.2, -0.15) is 0 Å². The van der Waals surface area contributed by atoms with Crippen LogP contribution in [0.15, 0.2) is 0 Å². The lowest BCUT2D eigenvalue weighted by Gasteiger charge is -2.15. The lowest BCUT2D eigenvalue weighted by molar-refractivity contribution is 0.448. The third-order valence-electron chi connectivity index (χ3n) is 3.21. The van der Waals surface area contributed by atoms with E-state index in [0.29, 0.717) is 5.92 Å². The maximum absolute atomic E-state index is 5.92. The number of hydrogen-bond donors (Lipinski definition) is 0. The van der Waals surface area contributed by atoms with Gasteiger partial charge < -0.3 is 0 Å². The second kappa shape index (κ2) is 3.14. The molecule has 2 aliphatic rings. The Balaban J connectivity index is 1.96. The molecule has 11 heavy (non-hydrogen) atoms. The van der Waals surface area contributed by atoms with Gasteiger partial charge in [0.15, 0.2) is 0 Å². The molecule has 0 spiro atoms. The van der Waals surface area contributed by atoms with Gasteiger partial charge in [-0.1, -0.05) is 19.3 Å². The van der Waals surface area contributed by atoms with E-state index in [9.17, 15) is 0 Å². The van der Waals surface area contributed by atoms with E-state index >= 15 is 0 Å². The van der Waals surface area contributed by atoms with Crippen molar-refractivity contribution in [3.8, 4) is 0 Å². The van der Waals surface area contributed by atoms with Crippen molar-refractivity contribution < 1.29 is 0 Å². The summed E-state index contributed by atoms with van der Waals surface area (Å²) in [6, 6.07) is 0. The van der Waals surface area contributed by atoms with E-state index in [1.54, 1.807) is 0 Å². The zero-order valence-electron chi connectivity index (χ0n) is 6.60. The Labute approximate surface area is 78.3 Å². The first kappa shape index (κ1) is 8.19. The molecule has 3 atom stereocenters. The van der Waals surface area contributed by atoms with Gasteiger partial charge in [0.05, 0.1) is 0 Å². The summed E-state index contributed by atoms with van der Waals surface area (Å²) in [5, 5.41) is 0. The van der Waals surface area contributed by atoms with Gasteiger partial charge in [-0.15, -0.1) is 23.2 Å². The lowest BCUT2D eigenvalue weighted by atomic mass is 10.0. The first-order valence-corrected chi connectivity index (χ1v) is 5.44. The zero-order valence-corrected chi connectivity index (χ0v) is 8.11. The Bertz CT molecular complexity index is 144. The van der Waals surface area contributed by atoms with Gasteiger partial charge >= 0.3 is 0 Å². The molecule has 0 amide bonds. The molecule has 0 bridgehead atoms. The number of alkyl halides is 2. The Morgan fingerprint density at radius 3 is 2.55 bits per heavy atom. The van der Waals surface area contributed by atoms with Crippen LogP contribution in [0.3, 0.4) is 0 Å². The van der Waals surface area contributed by atoms with Crippen molar-refractivity contribution in [2.24, 2.45) is 17.8 Å². The fourth-order valence-electron chi connectivity index (χ4n) is 2.44. The highest BCUT2D eigenvalue weighted by atomic mass is 35.5. The maximum atomic E-state index is 5.92. The van der Waals surface area contributed by atoms with Gasteiger partial charge in [-0.05, 0) is 30.6 Å². The van der Waals surface area contributed by atoms with E-state index in [1.165, 1.54) is 32.1 Å². The van der Waals surface area contributed by atoms with Crippen molar-refractivity contribution in [2.45, 2.75) is 36.9 Å². The summed E-state index contributed by atoms with van der Waals surface area (Å²) >= 11 is 11.8. The quantitative estimate of drug-likeness (QED) is 0.558. The standard InChI is InChI=1S/C9H14Cl2/c10-9(11)7-4-2-1-3-6-5-8(6)7/h6-9H,1-5H2/t6-,7+,8+/m1/s1. The van der Waals surface area contributed by atoms with E-state index in [4.69, 9.17) is 23.2 Å². The zero-order chi connectivity index (χ0) is 7.84. The number of hydrogen-bond acceptors (Lipinski definition) is 0. The fourth-order valence-corrected chi connectivity index (χ4v) is 3.07. The number of halogens is 2. The smallest absolute Gasteiger partial charge is 0.105 e. The average Bonchev–Trinajstić information content (AvgIpc) is 2.60. The minimum absolute atomic E-state index is 0.108. The van der Waals surface area contributed by atoms with E-state index in [2.05, 4.69) is 0 Å². The second-order valence-electron chi connectivity index (χ2n) is 3.94. The number of fused-ring (bicyclic) bond motifs is 1. The molecule has 0 aromatic carbocycles. The third-order valence-corrected chi connectivity index (χ3v) is 3.86. The summed E-state index contributed by atoms with van der Waals surface area (Å²) in [5.41, 5.74) is 0. The topological polar surface area (TPSA) is 0 Å². The Morgan fingerprint density at radius 1 is 1.09 bits per heavy atom. The van der Waals surface area contributed by atoms with Crippen LogP contribution in [0, 0.1) is 17.8 Å². The van der Waals surface area contributed by atoms with E-state index in [0.717, 1.165) is 11.8 Å². The van der Waals surface area contributed by atoms with Crippen molar-refractivity contribution in [1.29, 1.82) is 0 Å². The molecule has 0 nitrogen and oxygen atoms in total. The highest BCUT2D eigenvalue weighted by Crippen LogP contribution is 2.53. The molecule has 64 valence electrons. The summed E-state index contributed by atoms with van der Waals surface area (Å²) in [6.07, 6.45) is 6.84. The highest BCUT2D eigenvalue weighted by molar-refractivity contribution is 6.44. The molecular formula is C9H14Cl2. The molecule has 0 N–H and O–H groups in total. The Hall–Kier alpha value is 0.580. The molecule has 2 saturated carbocycles. The molecule has 0 aromatic rings.